The van der Waals surface area contributed by atoms with Crippen molar-refractivity contribution in [2.45, 2.75) is 13.0 Å². The number of hydrogen-bond acceptors (Lipinski definition) is 4. The first-order valence-electron chi connectivity index (χ1n) is 8.87. The van der Waals surface area contributed by atoms with Crippen LogP contribution in [0.2, 0.25) is 0 Å². The molecule has 7 heteroatoms. The number of para-hydroxylation sites is 1. The van der Waals surface area contributed by atoms with Crippen LogP contribution < -0.4 is 15.0 Å². The number of piperazine rings is 1. The molecule has 1 fully saturated rings. The van der Waals surface area contributed by atoms with E-state index in [1.165, 1.54) is 6.07 Å². The van der Waals surface area contributed by atoms with Crippen LogP contribution in [0.5, 0.6) is 5.75 Å². The SMILES string of the molecule is COc1ccc(N2CCN([C@@H](C)C(=O)Nc3c(F)cccc3F)CC2)cc1. The Bertz CT molecular complexity index is 770. The molecule has 144 valence electrons. The summed E-state index contributed by atoms with van der Waals surface area (Å²) in [5.74, 6) is -1.17. The van der Waals surface area contributed by atoms with Gasteiger partial charge in [0.2, 0.25) is 5.91 Å². The van der Waals surface area contributed by atoms with Gasteiger partial charge >= 0.3 is 0 Å². The number of nitrogens with zero attached hydrogens (tertiary/aromatic N) is 2. The molecule has 0 spiro atoms. The van der Waals surface area contributed by atoms with Crippen LogP contribution in [-0.2, 0) is 4.79 Å². The van der Waals surface area contributed by atoms with E-state index in [0.29, 0.717) is 13.1 Å². The number of hydrogen-bond donors (Lipinski definition) is 1. The summed E-state index contributed by atoms with van der Waals surface area (Å²) in [5, 5.41) is 2.37. The van der Waals surface area contributed by atoms with Gasteiger partial charge in [-0.1, -0.05) is 6.07 Å². The molecule has 0 unspecified atom stereocenters. The van der Waals surface area contributed by atoms with E-state index in [1.807, 2.05) is 29.2 Å². The van der Waals surface area contributed by atoms with Crippen molar-refractivity contribution in [1.29, 1.82) is 0 Å². The summed E-state index contributed by atoms with van der Waals surface area (Å²) in [5.41, 5.74) is 0.701. The minimum absolute atomic E-state index is 0.397. The predicted molar refractivity (Wildman–Crippen MR) is 101 cm³/mol. The lowest BCUT2D eigenvalue weighted by atomic mass is 10.2. The molecule has 1 heterocycles. The lowest BCUT2D eigenvalue weighted by Gasteiger charge is -2.38. The lowest BCUT2D eigenvalue weighted by Crippen LogP contribution is -2.52. The molecule has 27 heavy (non-hydrogen) atoms. The minimum atomic E-state index is -0.778. The molecule has 0 aromatic heterocycles. The Kier molecular flexibility index (Phi) is 5.91. The zero-order valence-corrected chi connectivity index (χ0v) is 15.4. The summed E-state index contributed by atoms with van der Waals surface area (Å²) in [4.78, 5) is 16.7. The highest BCUT2D eigenvalue weighted by Gasteiger charge is 2.26. The second-order valence-corrected chi connectivity index (χ2v) is 6.48. The van der Waals surface area contributed by atoms with Gasteiger partial charge in [0.25, 0.3) is 0 Å². The Morgan fingerprint density at radius 3 is 2.19 bits per heavy atom. The highest BCUT2D eigenvalue weighted by Crippen LogP contribution is 2.22. The Hall–Kier alpha value is -2.67. The zero-order chi connectivity index (χ0) is 19.4. The highest BCUT2D eigenvalue weighted by molar-refractivity contribution is 5.94. The third-order valence-corrected chi connectivity index (χ3v) is 4.89. The predicted octanol–water partition coefficient (Wildman–Crippen LogP) is 3.12. The van der Waals surface area contributed by atoms with Crippen LogP contribution >= 0.6 is 0 Å². The molecule has 1 N–H and O–H groups in total. The second kappa shape index (κ2) is 8.35. The van der Waals surface area contributed by atoms with E-state index < -0.39 is 29.3 Å². The molecule has 5 nitrogen and oxygen atoms in total. The molecule has 2 aromatic rings. The third-order valence-electron chi connectivity index (χ3n) is 4.89. The number of rotatable bonds is 5. The Morgan fingerprint density at radius 2 is 1.63 bits per heavy atom. The number of carbonyl (C=O) groups is 1. The maximum Gasteiger partial charge on any atom is 0.241 e. The van der Waals surface area contributed by atoms with Gasteiger partial charge in [-0.3, -0.25) is 9.69 Å². The maximum absolute atomic E-state index is 13.7. The van der Waals surface area contributed by atoms with Gasteiger partial charge in [0.05, 0.1) is 13.2 Å². The molecule has 1 saturated heterocycles. The summed E-state index contributed by atoms with van der Waals surface area (Å²) in [7, 11) is 1.63. The number of ether oxygens (including phenoxy) is 1. The van der Waals surface area contributed by atoms with E-state index in [-0.39, 0.29) is 0 Å². The van der Waals surface area contributed by atoms with Crippen LogP contribution in [0.25, 0.3) is 0 Å². The van der Waals surface area contributed by atoms with Gasteiger partial charge in [-0.05, 0) is 43.3 Å². The van der Waals surface area contributed by atoms with Gasteiger partial charge in [0.15, 0.2) is 0 Å². The quantitative estimate of drug-likeness (QED) is 0.872. The number of nitrogens with one attached hydrogen (secondary N) is 1. The van der Waals surface area contributed by atoms with Crippen molar-refractivity contribution in [1.82, 2.24) is 4.90 Å². The van der Waals surface area contributed by atoms with Gasteiger partial charge in [0.1, 0.15) is 23.1 Å². The van der Waals surface area contributed by atoms with Crippen molar-refractivity contribution >= 4 is 17.3 Å². The number of methoxy groups -OCH3 is 1. The third kappa shape index (κ3) is 4.36. The smallest absolute Gasteiger partial charge is 0.241 e. The van der Waals surface area contributed by atoms with E-state index in [9.17, 15) is 13.6 Å². The van der Waals surface area contributed by atoms with E-state index in [2.05, 4.69) is 10.2 Å². The molecule has 0 aliphatic carbocycles. The topological polar surface area (TPSA) is 44.8 Å². The standard InChI is InChI=1S/C20H23F2N3O2/c1-14(20(26)23-19-17(21)4-3-5-18(19)22)24-10-12-25(13-11-24)15-6-8-16(27-2)9-7-15/h3-9,14H,10-13H2,1-2H3,(H,23,26)/t14-/m0/s1. The second-order valence-electron chi connectivity index (χ2n) is 6.48. The van der Waals surface area contributed by atoms with Gasteiger partial charge in [-0.2, -0.15) is 0 Å². The van der Waals surface area contributed by atoms with E-state index in [0.717, 1.165) is 36.7 Å². The normalized spacial score (nSPS) is 16.1. The number of halogens is 2. The summed E-state index contributed by atoms with van der Waals surface area (Å²) in [6.07, 6.45) is 0. The number of anilines is 2. The van der Waals surface area contributed by atoms with Crippen molar-refractivity contribution in [3.63, 3.8) is 0 Å². The zero-order valence-electron chi connectivity index (χ0n) is 15.4. The van der Waals surface area contributed by atoms with Gasteiger partial charge in [-0.15, -0.1) is 0 Å². The van der Waals surface area contributed by atoms with Crippen LogP contribution in [0.3, 0.4) is 0 Å². The fourth-order valence-corrected chi connectivity index (χ4v) is 3.17. The number of amides is 1. The Morgan fingerprint density at radius 1 is 1.04 bits per heavy atom. The first-order chi connectivity index (χ1) is 13.0. The van der Waals surface area contributed by atoms with Crippen LogP contribution in [-0.4, -0.2) is 50.1 Å². The van der Waals surface area contributed by atoms with Crippen molar-refractivity contribution in [2.24, 2.45) is 0 Å². The average Bonchev–Trinajstić information content (AvgIpc) is 2.70. The first-order valence-corrected chi connectivity index (χ1v) is 8.87. The van der Waals surface area contributed by atoms with E-state index >= 15 is 0 Å². The van der Waals surface area contributed by atoms with E-state index in [4.69, 9.17) is 4.74 Å². The molecule has 0 saturated carbocycles. The molecule has 2 aromatic carbocycles. The highest BCUT2D eigenvalue weighted by atomic mass is 19.1. The summed E-state index contributed by atoms with van der Waals surface area (Å²) in [6.45, 7) is 4.63. The van der Waals surface area contributed by atoms with Crippen molar-refractivity contribution in [3.8, 4) is 5.75 Å². The van der Waals surface area contributed by atoms with Crippen LogP contribution in [0.15, 0.2) is 42.5 Å². The molecule has 3 rings (SSSR count). The molecule has 0 radical (unpaired) electrons. The number of carbonyl (C=O) groups excluding carboxylic acids is 1. The molecule has 1 atom stereocenters. The molecule has 1 aliphatic heterocycles. The van der Waals surface area contributed by atoms with Gasteiger partial charge < -0.3 is 15.0 Å². The largest absolute Gasteiger partial charge is 0.497 e. The van der Waals surface area contributed by atoms with Crippen molar-refractivity contribution in [2.75, 3.05) is 43.5 Å². The Labute approximate surface area is 157 Å². The molecular formula is C20H23F2N3O2. The molecule has 0 bridgehead atoms. The van der Waals surface area contributed by atoms with Gasteiger partial charge in [-0.25, -0.2) is 8.78 Å². The van der Waals surface area contributed by atoms with Crippen LogP contribution in [0, 0.1) is 11.6 Å². The summed E-state index contributed by atoms with van der Waals surface area (Å²) in [6, 6.07) is 10.9. The Balaban J connectivity index is 1.57. The fourth-order valence-electron chi connectivity index (χ4n) is 3.17. The van der Waals surface area contributed by atoms with Crippen molar-refractivity contribution < 1.29 is 18.3 Å². The first kappa shape index (κ1) is 19.1. The summed E-state index contributed by atoms with van der Waals surface area (Å²) < 4.78 is 32.6. The van der Waals surface area contributed by atoms with Crippen molar-refractivity contribution in [3.05, 3.63) is 54.1 Å². The number of benzene rings is 2. The molecule has 1 amide bonds. The average molecular weight is 375 g/mol. The van der Waals surface area contributed by atoms with E-state index in [1.54, 1.807) is 14.0 Å². The maximum atomic E-state index is 13.7. The molecular weight excluding hydrogens is 352 g/mol. The fraction of sp³-hybridized carbons (Fsp3) is 0.350. The lowest BCUT2D eigenvalue weighted by molar-refractivity contribution is -0.120. The van der Waals surface area contributed by atoms with Gasteiger partial charge in [0, 0.05) is 31.9 Å². The monoisotopic (exact) mass is 375 g/mol. The van der Waals surface area contributed by atoms with Crippen LogP contribution in [0.1, 0.15) is 6.92 Å². The minimum Gasteiger partial charge on any atom is -0.497 e. The summed E-state index contributed by atoms with van der Waals surface area (Å²) >= 11 is 0. The molecule has 1 aliphatic rings. The van der Waals surface area contributed by atoms with Crippen LogP contribution in [0.4, 0.5) is 20.2 Å².